The summed E-state index contributed by atoms with van der Waals surface area (Å²) in [5.41, 5.74) is 0. The second-order valence-electron chi connectivity index (χ2n) is 7.70. The van der Waals surface area contributed by atoms with E-state index in [2.05, 4.69) is 20.8 Å². The molecule has 188 valence electrons. The van der Waals surface area contributed by atoms with Gasteiger partial charge in [0.05, 0.1) is 0 Å². The molecule has 2 N–H and O–H groups in total. The summed E-state index contributed by atoms with van der Waals surface area (Å²) in [5.74, 6) is -3.34. The summed E-state index contributed by atoms with van der Waals surface area (Å²) in [5, 5.41) is 31.0. The van der Waals surface area contributed by atoms with E-state index in [9.17, 15) is 29.7 Å². The monoisotopic (exact) mass is 474 g/mol. The van der Waals surface area contributed by atoms with Crippen LogP contribution in [-0.2, 0) is 14.4 Å². The van der Waals surface area contributed by atoms with Crippen LogP contribution in [0.1, 0.15) is 119 Å². The first-order valence-electron chi connectivity index (χ1n) is 11.8. The van der Waals surface area contributed by atoms with Crippen molar-refractivity contribution in [3.8, 4) is 0 Å². The Hall–Kier alpha value is -1.10. The Morgan fingerprint density at radius 3 is 0.812 bits per heavy atom. The number of carbonyl (C=O) groups excluding carboxylic acids is 3. The molecule has 0 saturated carbocycles. The van der Waals surface area contributed by atoms with Crippen LogP contribution >= 0.6 is 0 Å². The standard InChI is InChI=1S/3C8H16O2.Al.H2O/c3*1-3-5-6-7(4-2)8(9)10;;/h3*7H,3-6H2,1-2H3,(H,9,10);;1H2/q;;;+3;/p-3. The van der Waals surface area contributed by atoms with Gasteiger partial charge >= 0.3 is 17.4 Å². The Morgan fingerprint density at radius 2 is 0.719 bits per heavy atom. The molecule has 32 heavy (non-hydrogen) atoms. The van der Waals surface area contributed by atoms with Crippen LogP contribution in [0.5, 0.6) is 0 Å². The molecule has 0 rings (SSSR count). The van der Waals surface area contributed by atoms with Crippen molar-refractivity contribution in [1.29, 1.82) is 0 Å². The molecule has 3 unspecified atom stereocenters. The molecule has 0 heterocycles. The molecule has 0 amide bonds. The molecule has 0 saturated heterocycles. The van der Waals surface area contributed by atoms with Crippen LogP contribution < -0.4 is 15.3 Å². The van der Waals surface area contributed by atoms with Crippen molar-refractivity contribution in [1.82, 2.24) is 0 Å². The minimum atomic E-state index is -0.893. The first-order chi connectivity index (χ1) is 14.2. The van der Waals surface area contributed by atoms with E-state index in [0.717, 1.165) is 57.8 Å². The number of carbonyl (C=O) groups is 3. The van der Waals surface area contributed by atoms with Crippen molar-refractivity contribution in [2.24, 2.45) is 17.8 Å². The zero-order chi connectivity index (χ0) is 23.9. The fourth-order valence-electron chi connectivity index (χ4n) is 2.82. The molecular weight excluding hydrogens is 427 g/mol. The van der Waals surface area contributed by atoms with Crippen LogP contribution in [0.2, 0.25) is 0 Å². The zero-order valence-corrected chi connectivity index (χ0v) is 22.4. The van der Waals surface area contributed by atoms with Gasteiger partial charge in [-0.1, -0.05) is 80.1 Å². The summed E-state index contributed by atoms with van der Waals surface area (Å²) in [4.78, 5) is 31.0. The molecule has 0 aliphatic carbocycles. The maximum Gasteiger partial charge on any atom is 3.00 e. The van der Waals surface area contributed by atoms with Gasteiger partial charge in [0.25, 0.3) is 0 Å². The average molecular weight is 475 g/mol. The van der Waals surface area contributed by atoms with E-state index in [1.807, 2.05) is 20.8 Å². The molecule has 0 bridgehead atoms. The number of hydrogen-bond donors (Lipinski definition) is 0. The normalized spacial score (nSPS) is 12.2. The molecule has 3 atom stereocenters. The number of rotatable bonds is 15. The quantitative estimate of drug-likeness (QED) is 0.329. The molecule has 0 aromatic heterocycles. The maximum atomic E-state index is 10.3. The molecule has 0 aromatic carbocycles. The summed E-state index contributed by atoms with van der Waals surface area (Å²) in [7, 11) is 0. The average Bonchev–Trinajstić information content (AvgIpc) is 2.70. The van der Waals surface area contributed by atoms with Gasteiger partial charge < -0.3 is 35.2 Å². The Bertz CT molecular complexity index is 369. The number of aliphatic carboxylic acids is 3. The van der Waals surface area contributed by atoms with E-state index in [-0.39, 0.29) is 40.6 Å². The SMILES string of the molecule is CCCCC(CC)C(=O)[O-].CCCCC(CC)C(=O)[O-].CCCCC(CC)C(=O)[O-].O.[Al+3]. The minimum absolute atomic E-state index is 0. The maximum absolute atomic E-state index is 10.3. The summed E-state index contributed by atoms with van der Waals surface area (Å²) < 4.78 is 0. The van der Waals surface area contributed by atoms with E-state index in [0.29, 0.717) is 19.3 Å². The van der Waals surface area contributed by atoms with E-state index in [4.69, 9.17) is 0 Å². The Kier molecular flexibility index (Phi) is 38.5. The van der Waals surface area contributed by atoms with Crippen molar-refractivity contribution in [2.45, 2.75) is 119 Å². The topological polar surface area (TPSA) is 152 Å². The van der Waals surface area contributed by atoms with Gasteiger partial charge in [0, 0.05) is 17.9 Å². The van der Waals surface area contributed by atoms with E-state index >= 15 is 0 Å². The van der Waals surface area contributed by atoms with Crippen LogP contribution in [0.4, 0.5) is 0 Å². The predicted octanol–water partition coefficient (Wildman–Crippen LogP) is 1.65. The number of carboxylic acid groups (broad SMARTS) is 3. The Morgan fingerprint density at radius 1 is 0.531 bits per heavy atom. The fraction of sp³-hybridized carbons (Fsp3) is 0.875. The van der Waals surface area contributed by atoms with Crippen LogP contribution in [0.15, 0.2) is 0 Å². The van der Waals surface area contributed by atoms with E-state index in [1.54, 1.807) is 0 Å². The summed E-state index contributed by atoms with van der Waals surface area (Å²) in [6.07, 6.45) is 10.6. The van der Waals surface area contributed by atoms with Gasteiger partial charge in [-0.25, -0.2) is 0 Å². The van der Waals surface area contributed by atoms with Gasteiger partial charge in [-0.05, 0) is 56.3 Å². The molecule has 0 spiro atoms. The van der Waals surface area contributed by atoms with Gasteiger partial charge in [0.2, 0.25) is 0 Å². The number of carboxylic acids is 3. The van der Waals surface area contributed by atoms with Crippen LogP contribution in [0, 0.1) is 17.8 Å². The van der Waals surface area contributed by atoms with Crippen LogP contribution in [0.3, 0.4) is 0 Å². The Balaban J connectivity index is -0.000000110. The molecular formula is C24H47AlO7. The summed E-state index contributed by atoms with van der Waals surface area (Å²) >= 11 is 0. The summed E-state index contributed by atoms with van der Waals surface area (Å²) in [6.45, 7) is 11.8. The van der Waals surface area contributed by atoms with Gasteiger partial charge in [0.15, 0.2) is 0 Å². The number of unbranched alkanes of at least 4 members (excludes halogenated alkanes) is 3. The van der Waals surface area contributed by atoms with E-state index in [1.165, 1.54) is 0 Å². The molecule has 0 fully saturated rings. The van der Waals surface area contributed by atoms with Crippen LogP contribution in [-0.4, -0.2) is 40.7 Å². The predicted molar refractivity (Wildman–Crippen MR) is 124 cm³/mol. The van der Waals surface area contributed by atoms with Gasteiger partial charge in [-0.15, -0.1) is 0 Å². The molecule has 7 nitrogen and oxygen atoms in total. The van der Waals surface area contributed by atoms with Crippen molar-refractivity contribution in [3.05, 3.63) is 0 Å². The van der Waals surface area contributed by atoms with Gasteiger partial charge in [0.1, 0.15) is 0 Å². The molecule has 0 aliphatic heterocycles. The van der Waals surface area contributed by atoms with Gasteiger partial charge in [-0.2, -0.15) is 0 Å². The van der Waals surface area contributed by atoms with Crippen molar-refractivity contribution in [3.63, 3.8) is 0 Å². The van der Waals surface area contributed by atoms with Gasteiger partial charge in [-0.3, -0.25) is 0 Å². The third-order valence-electron chi connectivity index (χ3n) is 5.20. The second-order valence-corrected chi connectivity index (χ2v) is 7.70. The molecule has 0 aliphatic rings. The van der Waals surface area contributed by atoms with Crippen molar-refractivity contribution in [2.75, 3.05) is 0 Å². The second kappa shape index (κ2) is 29.9. The smallest absolute Gasteiger partial charge is 0.550 e. The van der Waals surface area contributed by atoms with E-state index < -0.39 is 17.9 Å². The minimum Gasteiger partial charge on any atom is -0.550 e. The van der Waals surface area contributed by atoms with Crippen molar-refractivity contribution < 1.29 is 35.2 Å². The Labute approximate surface area is 206 Å². The van der Waals surface area contributed by atoms with Crippen molar-refractivity contribution >= 4 is 35.3 Å². The largest absolute Gasteiger partial charge is 3.00 e. The van der Waals surface area contributed by atoms with Crippen LogP contribution in [0.25, 0.3) is 0 Å². The molecule has 0 aromatic rings. The third-order valence-corrected chi connectivity index (χ3v) is 5.20. The summed E-state index contributed by atoms with van der Waals surface area (Å²) in [6, 6.07) is 0. The first kappa shape index (κ1) is 41.2. The fourth-order valence-corrected chi connectivity index (χ4v) is 2.82. The molecule has 8 heteroatoms. The first-order valence-corrected chi connectivity index (χ1v) is 11.8. The third kappa shape index (κ3) is 26.9. The zero-order valence-electron chi connectivity index (χ0n) is 21.2. The number of hydrogen-bond acceptors (Lipinski definition) is 6. The molecule has 0 radical (unpaired) electrons.